The Kier molecular flexibility index (Phi) is 7.39. The number of carbonyl (C=O) groups excluding carboxylic acids is 1. The van der Waals surface area contributed by atoms with Crippen molar-refractivity contribution in [1.29, 1.82) is 0 Å². The number of nitrogens with one attached hydrogen (secondary N) is 1. The monoisotopic (exact) mass is 444 g/mol. The molecule has 1 fully saturated rings. The average Bonchev–Trinajstić information content (AvgIpc) is 2.79. The summed E-state index contributed by atoms with van der Waals surface area (Å²) in [7, 11) is 0. The fraction of sp³-hybridized carbons (Fsp3) is 0.464. The Morgan fingerprint density at radius 2 is 1.91 bits per heavy atom. The summed E-state index contributed by atoms with van der Waals surface area (Å²) in [6.07, 6.45) is 8.63. The van der Waals surface area contributed by atoms with Crippen LogP contribution in [0, 0.1) is 5.41 Å². The van der Waals surface area contributed by atoms with Crippen LogP contribution in [0.4, 0.5) is 0 Å². The third-order valence-corrected chi connectivity index (χ3v) is 6.44. The molecule has 5 nitrogen and oxygen atoms in total. The Bertz CT molecular complexity index is 1050. The Labute approximate surface area is 197 Å². The highest BCUT2D eigenvalue weighted by atomic mass is 16.1. The zero-order valence-electron chi connectivity index (χ0n) is 20.1. The van der Waals surface area contributed by atoms with E-state index in [0.29, 0.717) is 12.5 Å². The van der Waals surface area contributed by atoms with E-state index in [-0.39, 0.29) is 17.4 Å². The first-order valence-electron chi connectivity index (χ1n) is 12.2. The van der Waals surface area contributed by atoms with Gasteiger partial charge in [0.25, 0.3) is 0 Å². The molecule has 33 heavy (non-hydrogen) atoms. The van der Waals surface area contributed by atoms with Gasteiger partial charge in [-0.05, 0) is 61.1 Å². The van der Waals surface area contributed by atoms with Crippen LogP contribution in [0.15, 0.2) is 60.9 Å². The summed E-state index contributed by atoms with van der Waals surface area (Å²) in [6.45, 7) is 8.28. The van der Waals surface area contributed by atoms with Crippen LogP contribution >= 0.6 is 0 Å². The van der Waals surface area contributed by atoms with Crippen molar-refractivity contribution in [1.82, 2.24) is 20.2 Å². The van der Waals surface area contributed by atoms with Crippen LogP contribution in [-0.2, 0) is 11.3 Å². The number of nitrogens with zero attached hydrogens (tertiary/aromatic N) is 3. The van der Waals surface area contributed by atoms with Gasteiger partial charge in [0.2, 0.25) is 5.91 Å². The normalized spacial score (nSPS) is 18.2. The van der Waals surface area contributed by atoms with Crippen LogP contribution in [0.3, 0.4) is 0 Å². The number of hydrogen-bond donors (Lipinski definition) is 1. The molecule has 1 aliphatic rings. The molecule has 0 aliphatic carbocycles. The topological polar surface area (TPSA) is 58.1 Å². The van der Waals surface area contributed by atoms with Gasteiger partial charge in [0.15, 0.2) is 0 Å². The first-order valence-corrected chi connectivity index (χ1v) is 12.2. The quantitative estimate of drug-likeness (QED) is 0.510. The van der Waals surface area contributed by atoms with E-state index in [1.165, 1.54) is 23.8 Å². The molecule has 2 aromatic heterocycles. The van der Waals surface area contributed by atoms with Crippen molar-refractivity contribution in [2.24, 2.45) is 5.41 Å². The van der Waals surface area contributed by atoms with E-state index in [1.54, 1.807) is 0 Å². The Morgan fingerprint density at radius 3 is 2.70 bits per heavy atom. The van der Waals surface area contributed by atoms with E-state index in [0.717, 1.165) is 37.1 Å². The van der Waals surface area contributed by atoms with Gasteiger partial charge in [-0.2, -0.15) is 0 Å². The summed E-state index contributed by atoms with van der Waals surface area (Å²) in [4.78, 5) is 24.6. The van der Waals surface area contributed by atoms with E-state index in [9.17, 15) is 4.79 Å². The summed E-state index contributed by atoms with van der Waals surface area (Å²) in [5.74, 6) is 0.0978. The lowest BCUT2D eigenvalue weighted by Crippen LogP contribution is -2.42. The molecule has 1 aromatic carbocycles. The fourth-order valence-electron chi connectivity index (χ4n) is 4.89. The second-order valence-corrected chi connectivity index (χ2v) is 10.5. The van der Waals surface area contributed by atoms with Gasteiger partial charge in [-0.3, -0.25) is 19.7 Å². The van der Waals surface area contributed by atoms with Gasteiger partial charge >= 0.3 is 0 Å². The number of likely N-dealkylation sites (tertiary alicyclic amines) is 1. The first-order chi connectivity index (χ1) is 15.9. The molecule has 3 heterocycles. The van der Waals surface area contributed by atoms with Gasteiger partial charge in [0.05, 0.1) is 17.3 Å². The Balaban J connectivity index is 1.54. The van der Waals surface area contributed by atoms with Crippen LogP contribution in [-0.4, -0.2) is 33.4 Å². The number of carbonyl (C=O) groups is 1. The Morgan fingerprint density at radius 1 is 1.06 bits per heavy atom. The van der Waals surface area contributed by atoms with Gasteiger partial charge in [-0.25, -0.2) is 0 Å². The molecule has 5 heteroatoms. The van der Waals surface area contributed by atoms with Crippen molar-refractivity contribution in [2.45, 2.75) is 71.5 Å². The molecule has 0 spiro atoms. The highest BCUT2D eigenvalue weighted by Gasteiger charge is 2.29. The maximum atomic E-state index is 12.8. The lowest BCUT2D eigenvalue weighted by Gasteiger charge is -2.38. The predicted octanol–water partition coefficient (Wildman–Crippen LogP) is 5.67. The van der Waals surface area contributed by atoms with E-state index in [4.69, 9.17) is 0 Å². The third-order valence-electron chi connectivity index (χ3n) is 6.44. The van der Waals surface area contributed by atoms with Crippen LogP contribution < -0.4 is 5.32 Å². The summed E-state index contributed by atoms with van der Waals surface area (Å²) in [6, 6.07) is 16.9. The van der Waals surface area contributed by atoms with E-state index in [2.05, 4.69) is 65.2 Å². The van der Waals surface area contributed by atoms with Crippen LogP contribution in [0.5, 0.6) is 0 Å². The number of pyridine rings is 2. The molecule has 3 aromatic rings. The molecule has 1 amide bonds. The predicted molar refractivity (Wildman–Crippen MR) is 134 cm³/mol. The molecule has 0 saturated carbocycles. The van der Waals surface area contributed by atoms with Crippen molar-refractivity contribution < 1.29 is 4.79 Å². The van der Waals surface area contributed by atoms with Gasteiger partial charge < -0.3 is 5.32 Å². The molecule has 0 unspecified atom stereocenters. The number of aromatic nitrogens is 2. The SMILES string of the molecule is CC(C)(C)CC(=O)N[C@H](C[C@H]1CCCCN1Cc1cccc2ncccc12)c1ccccn1. The standard InChI is InChI=1S/C28H36N4O/c1-28(2,3)19-27(33)31-26(25-13-4-6-15-30-25)18-22-11-5-7-17-32(22)20-21-10-8-14-24-23(21)12-9-16-29-24/h4,6,8-10,12-16,22,26H,5,7,11,17-20H2,1-3H3,(H,31,33)/t22-,26-/m1/s1. The lowest BCUT2D eigenvalue weighted by molar-refractivity contribution is -0.123. The first kappa shape index (κ1) is 23.4. The van der Waals surface area contributed by atoms with Crippen LogP contribution in [0.2, 0.25) is 0 Å². The number of rotatable bonds is 7. The minimum absolute atomic E-state index is 0.0436. The summed E-state index contributed by atoms with van der Waals surface area (Å²) in [5, 5.41) is 4.54. The molecule has 4 rings (SSSR count). The molecule has 0 radical (unpaired) electrons. The lowest BCUT2D eigenvalue weighted by atomic mass is 9.90. The fourth-order valence-corrected chi connectivity index (χ4v) is 4.89. The minimum atomic E-state index is -0.0826. The summed E-state index contributed by atoms with van der Waals surface area (Å²) in [5.41, 5.74) is 3.26. The second-order valence-electron chi connectivity index (χ2n) is 10.5. The second kappa shape index (κ2) is 10.4. The Hall–Kier alpha value is -2.79. The molecular formula is C28H36N4O. The van der Waals surface area contributed by atoms with E-state index < -0.39 is 0 Å². The van der Waals surface area contributed by atoms with Gasteiger partial charge in [-0.1, -0.05) is 51.5 Å². The number of hydrogen-bond acceptors (Lipinski definition) is 4. The van der Waals surface area contributed by atoms with Crippen molar-refractivity contribution >= 4 is 16.8 Å². The molecular weight excluding hydrogens is 408 g/mol. The zero-order chi connectivity index (χ0) is 23.3. The highest BCUT2D eigenvalue weighted by Crippen LogP contribution is 2.29. The van der Waals surface area contributed by atoms with E-state index >= 15 is 0 Å². The number of piperidine rings is 1. The number of benzene rings is 1. The number of fused-ring (bicyclic) bond motifs is 1. The van der Waals surface area contributed by atoms with Crippen LogP contribution in [0.25, 0.3) is 10.9 Å². The van der Waals surface area contributed by atoms with Gasteiger partial charge in [-0.15, -0.1) is 0 Å². The zero-order valence-corrected chi connectivity index (χ0v) is 20.1. The van der Waals surface area contributed by atoms with Crippen LogP contribution in [0.1, 0.15) is 70.2 Å². The highest BCUT2D eigenvalue weighted by molar-refractivity contribution is 5.81. The summed E-state index contributed by atoms with van der Waals surface area (Å²) < 4.78 is 0. The molecule has 1 N–H and O–H groups in total. The molecule has 1 aliphatic heterocycles. The van der Waals surface area contributed by atoms with Crippen molar-refractivity contribution in [2.75, 3.05) is 6.54 Å². The molecule has 2 atom stereocenters. The maximum absolute atomic E-state index is 12.8. The summed E-state index contributed by atoms with van der Waals surface area (Å²) >= 11 is 0. The smallest absolute Gasteiger partial charge is 0.221 e. The van der Waals surface area contributed by atoms with Crippen molar-refractivity contribution in [3.05, 3.63) is 72.2 Å². The average molecular weight is 445 g/mol. The molecule has 0 bridgehead atoms. The van der Waals surface area contributed by atoms with Gasteiger partial charge in [0.1, 0.15) is 0 Å². The molecule has 1 saturated heterocycles. The number of amides is 1. The molecule has 174 valence electrons. The largest absolute Gasteiger partial charge is 0.348 e. The minimum Gasteiger partial charge on any atom is -0.348 e. The van der Waals surface area contributed by atoms with E-state index in [1.807, 2.05) is 36.7 Å². The van der Waals surface area contributed by atoms with Gasteiger partial charge in [0, 0.05) is 36.8 Å². The maximum Gasteiger partial charge on any atom is 0.221 e. The van der Waals surface area contributed by atoms with Crippen molar-refractivity contribution in [3.63, 3.8) is 0 Å². The third kappa shape index (κ3) is 6.38. The van der Waals surface area contributed by atoms with Crippen molar-refractivity contribution in [3.8, 4) is 0 Å².